The van der Waals surface area contributed by atoms with Gasteiger partial charge in [0.05, 0.1) is 13.2 Å². The van der Waals surface area contributed by atoms with E-state index >= 15 is 0 Å². The van der Waals surface area contributed by atoms with Crippen LogP contribution in [0, 0.1) is 0 Å². The fourth-order valence-electron chi connectivity index (χ4n) is 5.58. The summed E-state index contributed by atoms with van der Waals surface area (Å²) in [6.07, 6.45) is 46.9. The summed E-state index contributed by atoms with van der Waals surface area (Å²) >= 11 is 0. The molecular weight excluding hydrogens is 701 g/mol. The molecule has 0 rings (SSSR count). The van der Waals surface area contributed by atoms with Gasteiger partial charge in [0.1, 0.15) is 6.61 Å². The van der Waals surface area contributed by atoms with Crippen molar-refractivity contribution in [1.29, 1.82) is 0 Å². The molecule has 0 radical (unpaired) electrons. The van der Waals surface area contributed by atoms with Crippen LogP contribution < -0.4 is 5.73 Å². The Hall–Kier alpha value is -2.29. The monoisotopic (exact) mass is 780 g/mol. The number of allylic oxidation sites excluding steroid dienone is 10. The van der Waals surface area contributed by atoms with E-state index in [0.29, 0.717) is 6.42 Å². The van der Waals surface area contributed by atoms with Crippen LogP contribution in [0.3, 0.4) is 0 Å². The van der Waals surface area contributed by atoms with E-state index in [0.717, 1.165) is 57.8 Å². The molecule has 0 aliphatic heterocycles. The molecule has 0 spiro atoms. The van der Waals surface area contributed by atoms with E-state index in [1.807, 2.05) is 36.5 Å². The van der Waals surface area contributed by atoms with Crippen molar-refractivity contribution in [3.05, 3.63) is 60.8 Å². The number of phosphoric ester groups is 1. The molecule has 0 saturated heterocycles. The number of carbonyl (C=O) groups excluding carboxylic acids is 2. The Morgan fingerprint density at radius 2 is 1.04 bits per heavy atom. The zero-order chi connectivity index (χ0) is 39.6. The van der Waals surface area contributed by atoms with Gasteiger partial charge in [0.15, 0.2) is 6.10 Å². The van der Waals surface area contributed by atoms with Gasteiger partial charge in [-0.25, -0.2) is 4.57 Å². The lowest BCUT2D eigenvalue weighted by Crippen LogP contribution is -2.29. The number of unbranched alkanes of at least 4 members (excludes halogenated alkanes) is 19. The fourth-order valence-corrected chi connectivity index (χ4v) is 6.35. The highest BCUT2D eigenvalue weighted by Crippen LogP contribution is 2.43. The zero-order valence-corrected chi connectivity index (χ0v) is 35.1. The third-order valence-corrected chi connectivity index (χ3v) is 9.72. The first-order valence-electron chi connectivity index (χ1n) is 21.3. The molecule has 0 saturated carbocycles. The minimum atomic E-state index is -4.39. The molecule has 0 aliphatic carbocycles. The smallest absolute Gasteiger partial charge is 0.462 e. The number of esters is 2. The molecular formula is C44H78NO8P. The molecule has 3 N–H and O–H groups in total. The third kappa shape index (κ3) is 39.4. The molecule has 0 fully saturated rings. The van der Waals surface area contributed by atoms with Gasteiger partial charge in [-0.05, 0) is 57.8 Å². The number of hydrogen-bond donors (Lipinski definition) is 2. The first kappa shape index (κ1) is 51.7. The van der Waals surface area contributed by atoms with Gasteiger partial charge in [0.25, 0.3) is 0 Å². The maximum absolute atomic E-state index is 12.5. The van der Waals surface area contributed by atoms with Crippen molar-refractivity contribution in [3.63, 3.8) is 0 Å². The average molecular weight is 780 g/mol. The largest absolute Gasteiger partial charge is 0.472 e. The number of phosphoric acid groups is 1. The van der Waals surface area contributed by atoms with Gasteiger partial charge in [0.2, 0.25) is 0 Å². The van der Waals surface area contributed by atoms with Crippen LogP contribution >= 0.6 is 7.82 Å². The van der Waals surface area contributed by atoms with Gasteiger partial charge >= 0.3 is 19.8 Å². The second kappa shape index (κ2) is 40.4. The number of hydrogen-bond acceptors (Lipinski definition) is 8. The SMILES string of the molecule is CC/C=C/C=C/C=C/C=C/CCCCCC(=O)OC(COC(=O)CCCCCCCCC/C=C/CCCCCCCCCCC)COP(=O)(O)OCCN. The Balaban J connectivity index is 4.17. The topological polar surface area (TPSA) is 134 Å². The van der Waals surface area contributed by atoms with Crippen molar-refractivity contribution in [2.75, 3.05) is 26.4 Å². The van der Waals surface area contributed by atoms with Crippen LogP contribution in [0.15, 0.2) is 60.8 Å². The van der Waals surface area contributed by atoms with Crippen LogP contribution in [0.1, 0.15) is 174 Å². The highest BCUT2D eigenvalue weighted by molar-refractivity contribution is 7.47. The van der Waals surface area contributed by atoms with E-state index in [2.05, 4.69) is 38.2 Å². The standard InChI is InChI=1S/C44H78NO8P/c1-3-5-7-9-11-13-15-17-18-19-20-21-22-23-25-26-28-30-32-34-36-43(46)50-40-42(41-52-54(48,49)51-39-38-45)53-44(47)37-35-33-31-29-27-24-16-14-12-10-8-6-4-2/h6,8,10,12,14,16,20-21,24,27,42H,3-5,7,9,11,13,15,17-19,22-23,25-26,28-41,45H2,1-2H3,(H,48,49)/b8-6+,12-10+,16-14+,21-20+,27-24+. The third-order valence-electron chi connectivity index (χ3n) is 8.73. The van der Waals surface area contributed by atoms with Crippen LogP contribution in [0.2, 0.25) is 0 Å². The minimum absolute atomic E-state index is 0.0435. The van der Waals surface area contributed by atoms with E-state index in [1.165, 1.54) is 83.5 Å². The average Bonchev–Trinajstić information content (AvgIpc) is 3.16. The first-order chi connectivity index (χ1) is 26.3. The number of nitrogens with two attached hydrogens (primary N) is 1. The quantitative estimate of drug-likeness (QED) is 0.0205. The lowest BCUT2D eigenvalue weighted by molar-refractivity contribution is -0.161. The summed E-state index contributed by atoms with van der Waals surface area (Å²) in [6.45, 7) is 3.53. The number of carbonyl (C=O) groups is 2. The Labute approximate surface area is 329 Å². The van der Waals surface area contributed by atoms with Gasteiger partial charge in [-0.1, -0.05) is 164 Å². The highest BCUT2D eigenvalue weighted by atomic mass is 31.2. The van der Waals surface area contributed by atoms with Crippen molar-refractivity contribution in [2.45, 2.75) is 180 Å². The molecule has 54 heavy (non-hydrogen) atoms. The van der Waals surface area contributed by atoms with E-state index < -0.39 is 32.5 Å². The van der Waals surface area contributed by atoms with Crippen LogP contribution in [-0.4, -0.2) is 49.3 Å². The molecule has 0 aromatic carbocycles. The second-order valence-corrected chi connectivity index (χ2v) is 15.4. The number of rotatable bonds is 39. The summed E-state index contributed by atoms with van der Waals surface area (Å²) < 4.78 is 32.7. The molecule has 2 atom stereocenters. The molecule has 9 nitrogen and oxygen atoms in total. The zero-order valence-electron chi connectivity index (χ0n) is 34.2. The molecule has 0 aliphatic rings. The normalized spacial score (nSPS) is 13.9. The predicted octanol–water partition coefficient (Wildman–Crippen LogP) is 12.1. The maximum atomic E-state index is 12.5. The Kier molecular flexibility index (Phi) is 38.7. The first-order valence-corrected chi connectivity index (χ1v) is 22.8. The molecule has 0 aromatic rings. The van der Waals surface area contributed by atoms with E-state index in [9.17, 15) is 19.0 Å². The molecule has 0 aromatic heterocycles. The summed E-state index contributed by atoms with van der Waals surface area (Å²) in [5.41, 5.74) is 5.34. The van der Waals surface area contributed by atoms with Gasteiger partial charge < -0.3 is 20.1 Å². The molecule has 2 unspecified atom stereocenters. The predicted molar refractivity (Wildman–Crippen MR) is 224 cm³/mol. The lowest BCUT2D eigenvalue weighted by Gasteiger charge is -2.19. The molecule has 0 bridgehead atoms. The van der Waals surface area contributed by atoms with Crippen molar-refractivity contribution < 1.29 is 37.6 Å². The Bertz CT molecular complexity index is 1070. The van der Waals surface area contributed by atoms with Gasteiger partial charge in [-0.2, -0.15) is 0 Å². The van der Waals surface area contributed by atoms with Gasteiger partial charge in [-0.15, -0.1) is 0 Å². The summed E-state index contributed by atoms with van der Waals surface area (Å²) in [4.78, 5) is 34.8. The molecule has 0 heterocycles. The maximum Gasteiger partial charge on any atom is 0.472 e. The fraction of sp³-hybridized carbons (Fsp3) is 0.727. The van der Waals surface area contributed by atoms with Crippen LogP contribution in [0.5, 0.6) is 0 Å². The van der Waals surface area contributed by atoms with Crippen molar-refractivity contribution >= 4 is 19.8 Å². The van der Waals surface area contributed by atoms with Crippen LogP contribution in [0.4, 0.5) is 0 Å². The molecule has 0 amide bonds. The lowest BCUT2D eigenvalue weighted by atomic mass is 10.1. The van der Waals surface area contributed by atoms with Crippen molar-refractivity contribution in [1.82, 2.24) is 0 Å². The summed E-state index contributed by atoms with van der Waals surface area (Å²) in [5.74, 6) is -0.883. The Morgan fingerprint density at radius 3 is 1.59 bits per heavy atom. The van der Waals surface area contributed by atoms with Crippen LogP contribution in [-0.2, 0) is 32.7 Å². The van der Waals surface area contributed by atoms with Crippen LogP contribution in [0.25, 0.3) is 0 Å². The van der Waals surface area contributed by atoms with Crippen molar-refractivity contribution in [3.8, 4) is 0 Å². The van der Waals surface area contributed by atoms with E-state index in [-0.39, 0.29) is 32.6 Å². The van der Waals surface area contributed by atoms with Gasteiger partial charge in [0, 0.05) is 19.4 Å². The Morgan fingerprint density at radius 1 is 0.574 bits per heavy atom. The molecule has 312 valence electrons. The second-order valence-electron chi connectivity index (χ2n) is 13.9. The minimum Gasteiger partial charge on any atom is -0.462 e. The van der Waals surface area contributed by atoms with Crippen molar-refractivity contribution in [2.24, 2.45) is 5.73 Å². The van der Waals surface area contributed by atoms with E-state index in [1.54, 1.807) is 0 Å². The highest BCUT2D eigenvalue weighted by Gasteiger charge is 2.26. The summed E-state index contributed by atoms with van der Waals surface area (Å²) in [5, 5.41) is 0. The summed E-state index contributed by atoms with van der Waals surface area (Å²) in [6, 6.07) is 0. The number of ether oxygens (including phenoxy) is 2. The van der Waals surface area contributed by atoms with E-state index in [4.69, 9.17) is 24.3 Å². The van der Waals surface area contributed by atoms with Gasteiger partial charge in [-0.3, -0.25) is 18.6 Å². The molecule has 10 heteroatoms. The summed E-state index contributed by atoms with van der Waals surface area (Å²) in [7, 11) is -4.39.